The maximum Gasteiger partial charge on any atom is 0.346 e. The lowest BCUT2D eigenvalue weighted by atomic mass is 10.1. The molecule has 0 heterocycles. The van der Waals surface area contributed by atoms with Gasteiger partial charge in [-0.3, -0.25) is 0 Å². The molecule has 0 spiro atoms. The van der Waals surface area contributed by atoms with Crippen LogP contribution in [0.4, 0.5) is 0 Å². The van der Waals surface area contributed by atoms with Crippen molar-refractivity contribution < 1.29 is 29.3 Å². The van der Waals surface area contributed by atoms with E-state index in [0.717, 1.165) is 6.92 Å². The maximum absolute atomic E-state index is 11.5. The third kappa shape index (κ3) is 3.12. The number of esters is 2. The summed E-state index contributed by atoms with van der Waals surface area (Å²) in [5, 5.41) is 17.7. The second-order valence-corrected chi connectivity index (χ2v) is 3.24. The predicted molar refractivity (Wildman–Crippen MR) is 55.5 cm³/mol. The van der Waals surface area contributed by atoms with Gasteiger partial charge in [-0.15, -0.1) is 0 Å². The smallest absolute Gasteiger partial charge is 0.346 e. The first-order chi connectivity index (χ1) is 7.93. The van der Waals surface area contributed by atoms with Crippen molar-refractivity contribution in [2.24, 2.45) is 0 Å². The summed E-state index contributed by atoms with van der Waals surface area (Å²) in [7, 11) is 0. The van der Waals surface area contributed by atoms with Crippen molar-refractivity contribution in [2.75, 3.05) is 0 Å². The number of carbonyl (C=O) groups excluding carboxylic acids is 2. The Kier molecular flexibility index (Phi) is 3.95. The van der Waals surface area contributed by atoms with Crippen LogP contribution in [-0.2, 0) is 9.53 Å². The molecular weight excluding hydrogens is 228 g/mol. The standard InChI is InChI=1S/C11H10O6/c1-6(12)10(15)17-11(16)8-5-3-2-4-7(8)9(13)14/h2-6,12H,1H3,(H,13,14). The van der Waals surface area contributed by atoms with Crippen molar-refractivity contribution in [1.82, 2.24) is 0 Å². The lowest BCUT2D eigenvalue weighted by Crippen LogP contribution is -2.24. The zero-order valence-corrected chi connectivity index (χ0v) is 8.91. The molecule has 1 atom stereocenters. The number of aliphatic hydroxyl groups excluding tert-OH is 1. The first-order valence-electron chi connectivity index (χ1n) is 4.70. The number of benzene rings is 1. The van der Waals surface area contributed by atoms with Gasteiger partial charge in [0.25, 0.3) is 0 Å². The van der Waals surface area contributed by atoms with Gasteiger partial charge in [0.05, 0.1) is 11.1 Å². The van der Waals surface area contributed by atoms with Crippen LogP contribution in [0, 0.1) is 0 Å². The molecular formula is C11H10O6. The van der Waals surface area contributed by atoms with Crippen LogP contribution < -0.4 is 0 Å². The fourth-order valence-electron chi connectivity index (χ4n) is 1.08. The Balaban J connectivity index is 2.97. The highest BCUT2D eigenvalue weighted by molar-refractivity contribution is 6.05. The van der Waals surface area contributed by atoms with Crippen molar-refractivity contribution in [1.29, 1.82) is 0 Å². The van der Waals surface area contributed by atoms with Gasteiger partial charge >= 0.3 is 17.9 Å². The van der Waals surface area contributed by atoms with E-state index in [1.165, 1.54) is 24.3 Å². The normalized spacial score (nSPS) is 11.6. The second kappa shape index (κ2) is 5.22. The molecule has 90 valence electrons. The number of hydrogen-bond acceptors (Lipinski definition) is 5. The third-order valence-corrected chi connectivity index (χ3v) is 1.91. The Hall–Kier alpha value is -2.21. The van der Waals surface area contributed by atoms with Gasteiger partial charge in [-0.25, -0.2) is 14.4 Å². The van der Waals surface area contributed by atoms with Crippen molar-refractivity contribution in [2.45, 2.75) is 13.0 Å². The van der Waals surface area contributed by atoms with Crippen molar-refractivity contribution in [3.63, 3.8) is 0 Å². The fourth-order valence-corrected chi connectivity index (χ4v) is 1.08. The molecule has 0 aliphatic heterocycles. The molecule has 0 aliphatic rings. The zero-order valence-electron chi connectivity index (χ0n) is 8.91. The second-order valence-electron chi connectivity index (χ2n) is 3.24. The number of ether oxygens (including phenoxy) is 1. The Labute approximate surface area is 96.4 Å². The van der Waals surface area contributed by atoms with Crippen LogP contribution in [0.25, 0.3) is 0 Å². The molecule has 0 saturated carbocycles. The van der Waals surface area contributed by atoms with E-state index in [0.29, 0.717) is 0 Å². The summed E-state index contributed by atoms with van der Waals surface area (Å²) in [6.45, 7) is 1.14. The summed E-state index contributed by atoms with van der Waals surface area (Å²) < 4.78 is 4.30. The van der Waals surface area contributed by atoms with Crippen LogP contribution in [0.15, 0.2) is 24.3 Å². The monoisotopic (exact) mass is 238 g/mol. The number of carbonyl (C=O) groups is 3. The van der Waals surface area contributed by atoms with Gasteiger partial charge in [0.15, 0.2) is 0 Å². The highest BCUT2D eigenvalue weighted by Crippen LogP contribution is 2.10. The van der Waals surface area contributed by atoms with Crippen LogP contribution in [0.2, 0.25) is 0 Å². The SMILES string of the molecule is CC(O)C(=O)OC(=O)c1ccccc1C(=O)O. The molecule has 0 fully saturated rings. The van der Waals surface area contributed by atoms with E-state index in [2.05, 4.69) is 4.74 Å². The lowest BCUT2D eigenvalue weighted by Gasteiger charge is -2.06. The summed E-state index contributed by atoms with van der Waals surface area (Å²) in [4.78, 5) is 33.2. The van der Waals surface area contributed by atoms with Crippen LogP contribution in [-0.4, -0.2) is 34.2 Å². The van der Waals surface area contributed by atoms with E-state index < -0.39 is 24.0 Å². The molecule has 1 rings (SSSR count). The Morgan fingerprint density at radius 2 is 1.71 bits per heavy atom. The molecule has 2 N–H and O–H groups in total. The van der Waals surface area contributed by atoms with Gasteiger partial charge in [-0.2, -0.15) is 0 Å². The quantitative estimate of drug-likeness (QED) is 0.585. The number of aromatic carboxylic acids is 1. The van der Waals surface area contributed by atoms with E-state index in [1.807, 2.05) is 0 Å². The van der Waals surface area contributed by atoms with E-state index >= 15 is 0 Å². The average molecular weight is 238 g/mol. The fraction of sp³-hybridized carbons (Fsp3) is 0.182. The Morgan fingerprint density at radius 3 is 2.18 bits per heavy atom. The number of hydrogen-bond donors (Lipinski definition) is 2. The first kappa shape index (κ1) is 12.9. The van der Waals surface area contributed by atoms with E-state index in [1.54, 1.807) is 0 Å². The Bertz CT molecular complexity index is 463. The molecule has 6 nitrogen and oxygen atoms in total. The molecule has 6 heteroatoms. The number of rotatable bonds is 3. The first-order valence-corrected chi connectivity index (χ1v) is 4.70. The minimum absolute atomic E-state index is 0.242. The molecule has 0 aromatic heterocycles. The van der Waals surface area contributed by atoms with E-state index in [9.17, 15) is 14.4 Å². The summed E-state index contributed by atoms with van der Waals surface area (Å²) in [5.41, 5.74) is -0.509. The lowest BCUT2D eigenvalue weighted by molar-refractivity contribution is -0.146. The highest BCUT2D eigenvalue weighted by atomic mass is 16.6. The predicted octanol–water partition coefficient (Wildman–Crippen LogP) is 0.449. The zero-order chi connectivity index (χ0) is 13.0. The van der Waals surface area contributed by atoms with Gasteiger partial charge < -0.3 is 14.9 Å². The third-order valence-electron chi connectivity index (χ3n) is 1.91. The van der Waals surface area contributed by atoms with Crippen LogP contribution in [0.1, 0.15) is 27.6 Å². The summed E-state index contributed by atoms with van der Waals surface area (Å²) in [5.74, 6) is -3.54. The van der Waals surface area contributed by atoms with E-state index in [4.69, 9.17) is 10.2 Å². The molecule has 0 radical (unpaired) electrons. The van der Waals surface area contributed by atoms with Gasteiger partial charge in [-0.05, 0) is 19.1 Å². The summed E-state index contributed by atoms with van der Waals surface area (Å²) in [6, 6.07) is 5.32. The molecule has 17 heavy (non-hydrogen) atoms. The minimum atomic E-state index is -1.45. The molecule has 0 aliphatic carbocycles. The number of carboxylic acids is 1. The van der Waals surface area contributed by atoms with Crippen LogP contribution in [0.5, 0.6) is 0 Å². The molecule has 1 aromatic rings. The molecule has 0 saturated heterocycles. The minimum Gasteiger partial charge on any atom is -0.478 e. The van der Waals surface area contributed by atoms with Crippen molar-refractivity contribution in [3.8, 4) is 0 Å². The number of aliphatic hydroxyl groups is 1. The largest absolute Gasteiger partial charge is 0.478 e. The molecule has 1 unspecified atom stereocenters. The van der Waals surface area contributed by atoms with Gasteiger partial charge in [0.1, 0.15) is 6.10 Å². The van der Waals surface area contributed by atoms with Gasteiger partial charge in [-0.1, -0.05) is 12.1 Å². The summed E-state index contributed by atoms with van der Waals surface area (Å²) >= 11 is 0. The number of carboxylic acid groups (broad SMARTS) is 1. The Morgan fingerprint density at radius 1 is 1.18 bits per heavy atom. The molecule has 1 aromatic carbocycles. The van der Waals surface area contributed by atoms with Crippen LogP contribution in [0.3, 0.4) is 0 Å². The summed E-state index contributed by atoms with van der Waals surface area (Å²) in [6.07, 6.45) is -1.45. The van der Waals surface area contributed by atoms with Crippen molar-refractivity contribution >= 4 is 17.9 Å². The molecule has 0 amide bonds. The van der Waals surface area contributed by atoms with E-state index in [-0.39, 0.29) is 11.1 Å². The van der Waals surface area contributed by atoms with Crippen LogP contribution >= 0.6 is 0 Å². The van der Waals surface area contributed by atoms with Gasteiger partial charge in [0.2, 0.25) is 0 Å². The molecule has 0 bridgehead atoms. The topological polar surface area (TPSA) is 101 Å². The maximum atomic E-state index is 11.5. The average Bonchev–Trinajstić information content (AvgIpc) is 2.28. The van der Waals surface area contributed by atoms with Gasteiger partial charge in [0, 0.05) is 0 Å². The highest BCUT2D eigenvalue weighted by Gasteiger charge is 2.21. The van der Waals surface area contributed by atoms with Crippen molar-refractivity contribution in [3.05, 3.63) is 35.4 Å².